The molecule has 1 heterocycles. The Morgan fingerprint density at radius 2 is 2.11 bits per heavy atom. The van der Waals surface area contributed by atoms with E-state index in [1.807, 2.05) is 35.0 Å². The van der Waals surface area contributed by atoms with Crippen molar-refractivity contribution in [3.8, 4) is 0 Å². The lowest BCUT2D eigenvalue weighted by atomic mass is 10.1. The molecule has 0 saturated heterocycles. The zero-order valence-corrected chi connectivity index (χ0v) is 11.1. The Hall–Kier alpha value is -1.32. The molecule has 0 fully saturated rings. The number of aliphatic hydroxyl groups excluding tert-OH is 1. The fourth-order valence-electron chi connectivity index (χ4n) is 2.02. The second-order valence-electron chi connectivity index (χ2n) is 4.28. The minimum Gasteiger partial charge on any atom is -0.392 e. The summed E-state index contributed by atoms with van der Waals surface area (Å²) in [5, 5.41) is 10.8. The Labute approximate surface area is 112 Å². The third-order valence-electron chi connectivity index (χ3n) is 2.97. The molecule has 18 heavy (non-hydrogen) atoms. The minimum absolute atomic E-state index is 0.461. The van der Waals surface area contributed by atoms with Crippen LogP contribution in [-0.2, 0) is 19.4 Å². The van der Waals surface area contributed by atoms with E-state index in [0.717, 1.165) is 17.9 Å². The van der Waals surface area contributed by atoms with Crippen molar-refractivity contribution in [3.63, 3.8) is 0 Å². The molecule has 4 heteroatoms. The van der Waals surface area contributed by atoms with E-state index >= 15 is 0 Å². The summed E-state index contributed by atoms with van der Waals surface area (Å²) in [5.74, 6) is 0.914. The van der Waals surface area contributed by atoms with Crippen LogP contribution in [0, 0.1) is 0 Å². The minimum atomic E-state index is -0.461. The number of imidazole rings is 1. The molecule has 1 aromatic carbocycles. The molecule has 1 N–H and O–H groups in total. The van der Waals surface area contributed by atoms with Gasteiger partial charge in [-0.05, 0) is 18.6 Å². The van der Waals surface area contributed by atoms with E-state index in [1.54, 1.807) is 6.20 Å². The van der Waals surface area contributed by atoms with Crippen molar-refractivity contribution in [1.82, 2.24) is 9.55 Å². The highest BCUT2D eigenvalue weighted by atomic mass is 35.5. The Balaban J connectivity index is 2.01. The summed E-state index contributed by atoms with van der Waals surface area (Å²) in [4.78, 5) is 4.26. The molecule has 0 bridgehead atoms. The maximum absolute atomic E-state index is 10.1. The van der Waals surface area contributed by atoms with Gasteiger partial charge in [-0.1, -0.05) is 29.8 Å². The van der Waals surface area contributed by atoms with Gasteiger partial charge in [-0.2, -0.15) is 0 Å². The average molecular weight is 265 g/mol. The van der Waals surface area contributed by atoms with Crippen LogP contribution in [0.3, 0.4) is 0 Å². The van der Waals surface area contributed by atoms with E-state index in [0.29, 0.717) is 17.9 Å². The molecule has 0 aliphatic carbocycles. The highest BCUT2D eigenvalue weighted by molar-refractivity contribution is 6.31. The topological polar surface area (TPSA) is 38.0 Å². The normalized spacial score (nSPS) is 12.6. The maximum atomic E-state index is 10.1. The molecule has 1 unspecified atom stereocenters. The van der Waals surface area contributed by atoms with Crippen LogP contribution < -0.4 is 0 Å². The van der Waals surface area contributed by atoms with Crippen LogP contribution in [-0.4, -0.2) is 20.8 Å². The van der Waals surface area contributed by atoms with Crippen LogP contribution in [0.5, 0.6) is 0 Å². The van der Waals surface area contributed by atoms with Gasteiger partial charge in [-0.3, -0.25) is 0 Å². The summed E-state index contributed by atoms with van der Waals surface area (Å²) in [6.45, 7) is 2.93. The van der Waals surface area contributed by atoms with Gasteiger partial charge in [-0.15, -0.1) is 0 Å². The Bertz CT molecular complexity index is 510. The number of halogens is 1. The zero-order chi connectivity index (χ0) is 13.0. The largest absolute Gasteiger partial charge is 0.392 e. The molecule has 96 valence electrons. The van der Waals surface area contributed by atoms with E-state index in [-0.39, 0.29) is 0 Å². The number of nitrogens with zero attached hydrogens (tertiary/aromatic N) is 2. The molecular formula is C14H17ClN2O. The van der Waals surface area contributed by atoms with Crippen LogP contribution in [0.1, 0.15) is 18.3 Å². The molecule has 3 nitrogen and oxygen atoms in total. The van der Waals surface area contributed by atoms with E-state index in [1.165, 1.54) is 0 Å². The van der Waals surface area contributed by atoms with Crippen molar-refractivity contribution < 1.29 is 5.11 Å². The number of hydrogen-bond donors (Lipinski definition) is 1. The van der Waals surface area contributed by atoms with Crippen molar-refractivity contribution in [2.75, 3.05) is 0 Å². The van der Waals surface area contributed by atoms with Gasteiger partial charge in [0.05, 0.1) is 6.10 Å². The zero-order valence-electron chi connectivity index (χ0n) is 10.4. The maximum Gasteiger partial charge on any atom is 0.111 e. The molecule has 2 rings (SSSR count). The summed E-state index contributed by atoms with van der Waals surface area (Å²) in [6, 6.07) is 7.61. The van der Waals surface area contributed by atoms with Crippen molar-refractivity contribution in [1.29, 1.82) is 0 Å². The van der Waals surface area contributed by atoms with Gasteiger partial charge in [0.15, 0.2) is 0 Å². The third-order valence-corrected chi connectivity index (χ3v) is 3.34. The predicted octanol–water partition coefficient (Wildman–Crippen LogP) is 2.70. The van der Waals surface area contributed by atoms with Gasteiger partial charge in [0, 0.05) is 36.8 Å². The number of benzene rings is 1. The number of aliphatic hydroxyl groups is 1. The molecule has 0 radical (unpaired) electrons. The van der Waals surface area contributed by atoms with E-state index in [9.17, 15) is 5.11 Å². The first-order valence-corrected chi connectivity index (χ1v) is 6.50. The second kappa shape index (κ2) is 6.03. The second-order valence-corrected chi connectivity index (χ2v) is 4.69. The van der Waals surface area contributed by atoms with Crippen molar-refractivity contribution in [2.45, 2.75) is 32.4 Å². The SMILES string of the molecule is CCn1ccnc1CC(O)Cc1ccccc1Cl. The fraction of sp³-hybridized carbons (Fsp3) is 0.357. The summed E-state index contributed by atoms with van der Waals surface area (Å²) in [6.07, 6.45) is 4.33. The van der Waals surface area contributed by atoms with Crippen molar-refractivity contribution in [3.05, 3.63) is 53.1 Å². The monoisotopic (exact) mass is 264 g/mol. The average Bonchev–Trinajstić information content (AvgIpc) is 2.79. The van der Waals surface area contributed by atoms with E-state index < -0.39 is 6.10 Å². The van der Waals surface area contributed by atoms with Crippen LogP contribution in [0.25, 0.3) is 0 Å². The lowest BCUT2D eigenvalue weighted by Gasteiger charge is -2.12. The van der Waals surface area contributed by atoms with E-state index in [2.05, 4.69) is 11.9 Å². The number of aryl methyl sites for hydroxylation is 1. The number of aromatic nitrogens is 2. The Kier molecular flexibility index (Phi) is 4.39. The number of rotatable bonds is 5. The first-order chi connectivity index (χ1) is 8.70. The van der Waals surface area contributed by atoms with Crippen molar-refractivity contribution in [2.24, 2.45) is 0 Å². The van der Waals surface area contributed by atoms with Gasteiger partial charge in [0.2, 0.25) is 0 Å². The van der Waals surface area contributed by atoms with Gasteiger partial charge in [-0.25, -0.2) is 4.98 Å². The third kappa shape index (κ3) is 3.12. The van der Waals surface area contributed by atoms with Crippen LogP contribution in [0.15, 0.2) is 36.7 Å². The molecule has 1 atom stereocenters. The highest BCUT2D eigenvalue weighted by Crippen LogP contribution is 2.17. The molecule has 0 saturated carbocycles. The first kappa shape index (κ1) is 13.1. The first-order valence-electron chi connectivity index (χ1n) is 6.12. The van der Waals surface area contributed by atoms with Crippen LogP contribution in [0.2, 0.25) is 5.02 Å². The van der Waals surface area contributed by atoms with Crippen LogP contribution in [0.4, 0.5) is 0 Å². The van der Waals surface area contributed by atoms with Gasteiger partial charge in [0.1, 0.15) is 5.82 Å². The highest BCUT2D eigenvalue weighted by Gasteiger charge is 2.12. The van der Waals surface area contributed by atoms with E-state index in [4.69, 9.17) is 11.6 Å². The van der Waals surface area contributed by atoms with Crippen molar-refractivity contribution >= 4 is 11.6 Å². The molecule has 1 aromatic heterocycles. The lowest BCUT2D eigenvalue weighted by molar-refractivity contribution is 0.171. The predicted molar refractivity (Wildman–Crippen MR) is 72.8 cm³/mol. The smallest absolute Gasteiger partial charge is 0.111 e. The number of hydrogen-bond acceptors (Lipinski definition) is 2. The summed E-state index contributed by atoms with van der Waals surface area (Å²) < 4.78 is 2.04. The Morgan fingerprint density at radius 1 is 1.33 bits per heavy atom. The fourth-order valence-corrected chi connectivity index (χ4v) is 2.23. The van der Waals surface area contributed by atoms with Gasteiger partial charge < -0.3 is 9.67 Å². The lowest BCUT2D eigenvalue weighted by Crippen LogP contribution is -2.17. The van der Waals surface area contributed by atoms with Gasteiger partial charge >= 0.3 is 0 Å². The molecule has 0 spiro atoms. The van der Waals surface area contributed by atoms with Crippen LogP contribution >= 0.6 is 11.6 Å². The summed E-state index contributed by atoms with van der Waals surface area (Å²) in [7, 11) is 0. The molecule has 0 aliphatic rings. The standard InChI is InChI=1S/C14H17ClN2O/c1-2-17-8-7-16-14(17)10-12(18)9-11-5-3-4-6-13(11)15/h3-8,12,18H,2,9-10H2,1H3. The molecule has 0 aliphatic heterocycles. The molecule has 0 amide bonds. The summed E-state index contributed by atoms with van der Waals surface area (Å²) >= 11 is 6.08. The molecular weight excluding hydrogens is 248 g/mol. The summed E-state index contributed by atoms with van der Waals surface area (Å²) in [5.41, 5.74) is 0.973. The Morgan fingerprint density at radius 3 is 2.83 bits per heavy atom. The van der Waals surface area contributed by atoms with Gasteiger partial charge in [0.25, 0.3) is 0 Å². The molecule has 2 aromatic rings. The quantitative estimate of drug-likeness (QED) is 0.902.